The highest BCUT2D eigenvalue weighted by Crippen LogP contribution is 2.29. The minimum absolute atomic E-state index is 0.0249. The lowest BCUT2D eigenvalue weighted by atomic mass is 10.0. The molecule has 5 rings (SSSR count). The van der Waals surface area contributed by atoms with Crippen LogP contribution in [0.1, 0.15) is 23.1 Å². The zero-order valence-corrected chi connectivity index (χ0v) is 21.2. The molecular formula is C30H26N4O2S. The van der Waals surface area contributed by atoms with Gasteiger partial charge in [-0.25, -0.2) is 0 Å². The van der Waals surface area contributed by atoms with E-state index in [1.54, 1.807) is 0 Å². The Morgan fingerprint density at radius 2 is 1.51 bits per heavy atom. The maximum atomic E-state index is 13.1. The predicted molar refractivity (Wildman–Crippen MR) is 148 cm³/mol. The smallest absolute Gasteiger partial charge is 0.216 e. The van der Waals surface area contributed by atoms with Gasteiger partial charge in [0.2, 0.25) is 5.91 Å². The second-order valence-corrected chi connectivity index (χ2v) is 9.56. The summed E-state index contributed by atoms with van der Waals surface area (Å²) in [7, 11) is 0. The summed E-state index contributed by atoms with van der Waals surface area (Å²) in [4.78, 5) is 24.4. The van der Waals surface area contributed by atoms with Crippen LogP contribution >= 0.6 is 11.8 Å². The minimum atomic E-state index is -0.0882. The highest BCUT2D eigenvalue weighted by Gasteiger charge is 2.18. The van der Waals surface area contributed by atoms with Crippen molar-refractivity contribution in [3.05, 3.63) is 108 Å². The SMILES string of the molecule is CC(=O)NCCc1nnc(SCC(=O)c2ccc(-c3ccccc3)cc2)n1-c1cccc2ccccc12. The molecular weight excluding hydrogens is 480 g/mol. The van der Waals surface area contributed by atoms with Gasteiger partial charge in [-0.05, 0) is 22.6 Å². The topological polar surface area (TPSA) is 76.9 Å². The Morgan fingerprint density at radius 3 is 2.30 bits per heavy atom. The highest BCUT2D eigenvalue weighted by atomic mass is 32.2. The molecule has 1 heterocycles. The van der Waals surface area contributed by atoms with Crippen LogP contribution in [-0.4, -0.2) is 38.8 Å². The molecule has 0 saturated carbocycles. The third kappa shape index (κ3) is 5.62. The van der Waals surface area contributed by atoms with Gasteiger partial charge in [-0.3, -0.25) is 14.2 Å². The molecule has 0 aliphatic carbocycles. The molecule has 0 aliphatic heterocycles. The Hall–Kier alpha value is -4.23. The summed E-state index contributed by atoms with van der Waals surface area (Å²) in [5.74, 6) is 0.901. The Labute approximate surface area is 219 Å². The number of thioether (sulfide) groups is 1. The lowest BCUT2D eigenvalue weighted by Gasteiger charge is -2.13. The molecule has 0 fully saturated rings. The minimum Gasteiger partial charge on any atom is -0.356 e. The van der Waals surface area contributed by atoms with E-state index in [-0.39, 0.29) is 17.4 Å². The van der Waals surface area contributed by atoms with Crippen LogP contribution in [0.15, 0.2) is 102 Å². The molecule has 184 valence electrons. The normalized spacial score (nSPS) is 10.9. The maximum Gasteiger partial charge on any atom is 0.216 e. The zero-order valence-electron chi connectivity index (χ0n) is 20.4. The van der Waals surface area contributed by atoms with Crippen molar-refractivity contribution in [2.45, 2.75) is 18.5 Å². The van der Waals surface area contributed by atoms with Crippen LogP contribution in [0.3, 0.4) is 0 Å². The number of nitrogens with one attached hydrogen (secondary N) is 1. The number of aromatic nitrogens is 3. The molecule has 1 amide bonds. The number of hydrogen-bond acceptors (Lipinski definition) is 5. The molecule has 0 aliphatic rings. The molecule has 37 heavy (non-hydrogen) atoms. The van der Waals surface area contributed by atoms with Gasteiger partial charge in [0.05, 0.1) is 11.4 Å². The van der Waals surface area contributed by atoms with Gasteiger partial charge >= 0.3 is 0 Å². The second kappa shape index (κ2) is 11.2. The number of rotatable bonds is 9. The standard InChI is InChI=1S/C30H26N4O2S/c1-21(35)31-19-18-29-32-33-30(34(29)27-13-7-11-24-10-5-6-12-26(24)27)37-20-28(36)25-16-14-23(15-17-25)22-8-3-2-4-9-22/h2-17H,18-20H2,1H3,(H,31,35). The van der Waals surface area contributed by atoms with Crippen molar-refractivity contribution in [1.82, 2.24) is 20.1 Å². The summed E-state index contributed by atoms with van der Waals surface area (Å²) in [6, 6.07) is 32.0. The maximum absolute atomic E-state index is 13.1. The quantitative estimate of drug-likeness (QED) is 0.204. The number of nitrogens with zero attached hydrogens (tertiary/aromatic N) is 3. The Kier molecular flexibility index (Phi) is 7.42. The van der Waals surface area contributed by atoms with Crippen molar-refractivity contribution in [2.75, 3.05) is 12.3 Å². The van der Waals surface area contributed by atoms with E-state index in [0.717, 1.165) is 33.4 Å². The van der Waals surface area contributed by atoms with Crippen molar-refractivity contribution in [3.8, 4) is 16.8 Å². The Morgan fingerprint density at radius 1 is 0.811 bits per heavy atom. The number of amides is 1. The first-order valence-corrected chi connectivity index (χ1v) is 13.1. The fourth-order valence-corrected chi connectivity index (χ4v) is 5.10. The van der Waals surface area contributed by atoms with Crippen LogP contribution in [0.2, 0.25) is 0 Å². The molecule has 0 spiro atoms. The number of ketones is 1. The van der Waals surface area contributed by atoms with Gasteiger partial charge in [0, 0.05) is 30.8 Å². The van der Waals surface area contributed by atoms with Gasteiger partial charge in [-0.2, -0.15) is 0 Å². The number of carbonyl (C=O) groups excluding carboxylic acids is 2. The average Bonchev–Trinajstić information content (AvgIpc) is 3.34. The first-order chi connectivity index (χ1) is 18.1. The fourth-order valence-electron chi connectivity index (χ4n) is 4.24. The van der Waals surface area contributed by atoms with E-state index in [1.807, 2.05) is 71.3 Å². The van der Waals surface area contributed by atoms with E-state index in [4.69, 9.17) is 0 Å². The van der Waals surface area contributed by atoms with Crippen LogP contribution < -0.4 is 5.32 Å². The lowest BCUT2D eigenvalue weighted by molar-refractivity contribution is -0.118. The van der Waals surface area contributed by atoms with Crippen molar-refractivity contribution >= 4 is 34.2 Å². The van der Waals surface area contributed by atoms with Gasteiger partial charge in [-0.15, -0.1) is 10.2 Å². The lowest BCUT2D eigenvalue weighted by Crippen LogP contribution is -2.23. The Balaban J connectivity index is 1.39. The van der Waals surface area contributed by atoms with Crippen molar-refractivity contribution < 1.29 is 9.59 Å². The van der Waals surface area contributed by atoms with E-state index < -0.39 is 0 Å². The molecule has 6 nitrogen and oxygen atoms in total. The van der Waals surface area contributed by atoms with Crippen LogP contribution in [-0.2, 0) is 11.2 Å². The van der Waals surface area contributed by atoms with E-state index in [2.05, 4.69) is 45.8 Å². The molecule has 0 atom stereocenters. The number of Topliss-reactive ketones (excluding diaryl/α,β-unsaturated/α-hetero) is 1. The van der Waals surface area contributed by atoms with Crippen LogP contribution in [0.5, 0.6) is 0 Å². The van der Waals surface area contributed by atoms with E-state index in [1.165, 1.54) is 18.7 Å². The third-order valence-corrected chi connectivity index (χ3v) is 7.01. The molecule has 0 unspecified atom stereocenters. The van der Waals surface area contributed by atoms with E-state index in [0.29, 0.717) is 23.7 Å². The number of carbonyl (C=O) groups is 2. The summed E-state index contributed by atoms with van der Waals surface area (Å²) >= 11 is 1.37. The molecule has 1 N–H and O–H groups in total. The fraction of sp³-hybridized carbons (Fsp3) is 0.133. The van der Waals surface area contributed by atoms with Gasteiger partial charge < -0.3 is 5.32 Å². The summed E-state index contributed by atoms with van der Waals surface area (Å²) < 4.78 is 2.00. The monoisotopic (exact) mass is 506 g/mol. The van der Waals surface area contributed by atoms with Gasteiger partial charge in [0.1, 0.15) is 5.82 Å². The first kappa shape index (κ1) is 24.5. The summed E-state index contributed by atoms with van der Waals surface area (Å²) in [5, 5.41) is 14.5. The molecule has 7 heteroatoms. The summed E-state index contributed by atoms with van der Waals surface area (Å²) in [5.41, 5.74) is 3.80. The third-order valence-electron chi connectivity index (χ3n) is 6.08. The molecule has 0 saturated heterocycles. The van der Waals surface area contributed by atoms with Gasteiger partial charge in [0.25, 0.3) is 0 Å². The van der Waals surface area contributed by atoms with Crippen LogP contribution in [0.25, 0.3) is 27.6 Å². The highest BCUT2D eigenvalue weighted by molar-refractivity contribution is 7.99. The molecule has 1 aromatic heterocycles. The number of hydrogen-bond donors (Lipinski definition) is 1. The molecule has 0 radical (unpaired) electrons. The zero-order chi connectivity index (χ0) is 25.6. The summed E-state index contributed by atoms with van der Waals surface area (Å²) in [6.45, 7) is 1.95. The molecule has 5 aromatic rings. The van der Waals surface area contributed by atoms with Gasteiger partial charge in [0.15, 0.2) is 10.9 Å². The first-order valence-electron chi connectivity index (χ1n) is 12.1. The summed E-state index contributed by atoms with van der Waals surface area (Å²) in [6.07, 6.45) is 0.519. The van der Waals surface area contributed by atoms with Crippen molar-refractivity contribution in [1.29, 1.82) is 0 Å². The molecule has 0 bridgehead atoms. The second-order valence-electron chi connectivity index (χ2n) is 8.62. The Bertz CT molecular complexity index is 1540. The van der Waals surface area contributed by atoms with E-state index in [9.17, 15) is 9.59 Å². The largest absolute Gasteiger partial charge is 0.356 e. The van der Waals surface area contributed by atoms with Gasteiger partial charge in [-0.1, -0.05) is 103 Å². The number of benzene rings is 4. The molecule has 4 aromatic carbocycles. The van der Waals surface area contributed by atoms with Crippen LogP contribution in [0, 0.1) is 0 Å². The average molecular weight is 507 g/mol. The number of fused-ring (bicyclic) bond motifs is 1. The van der Waals surface area contributed by atoms with Crippen LogP contribution in [0.4, 0.5) is 0 Å². The van der Waals surface area contributed by atoms with Crippen molar-refractivity contribution in [2.24, 2.45) is 0 Å². The van der Waals surface area contributed by atoms with Crippen molar-refractivity contribution in [3.63, 3.8) is 0 Å². The predicted octanol–water partition coefficient (Wildman–Crippen LogP) is 5.74. The van der Waals surface area contributed by atoms with E-state index >= 15 is 0 Å².